The summed E-state index contributed by atoms with van der Waals surface area (Å²) in [5, 5.41) is 6.90. The van der Waals surface area contributed by atoms with Crippen molar-refractivity contribution in [2.45, 2.75) is 45.3 Å². The fraction of sp³-hybridized carbons (Fsp3) is 0.333. The summed E-state index contributed by atoms with van der Waals surface area (Å²) < 4.78 is 65.9. The van der Waals surface area contributed by atoms with E-state index >= 15 is 0 Å². The number of rotatable bonds is 7. The molecule has 0 spiro atoms. The number of hydrogen-bond acceptors (Lipinski definition) is 4. The van der Waals surface area contributed by atoms with Crippen LogP contribution >= 0.6 is 23.4 Å². The highest BCUT2D eigenvalue weighted by Gasteiger charge is 2.38. The van der Waals surface area contributed by atoms with E-state index in [9.17, 15) is 26.7 Å². The first-order valence-corrected chi connectivity index (χ1v) is 10.6. The maximum absolute atomic E-state index is 13.8. The number of carbonyl (C=O) groups is 1. The Kier molecular flexibility index (Phi) is 8.17. The number of nitrogens with zero attached hydrogens (tertiary/aromatic N) is 2. The van der Waals surface area contributed by atoms with Gasteiger partial charge in [-0.3, -0.25) is 4.79 Å². The molecule has 0 aromatic heterocycles. The molecule has 0 bridgehead atoms. The third-order valence-electron chi connectivity index (χ3n) is 4.35. The number of benzene rings is 1. The molecule has 0 aliphatic carbocycles. The van der Waals surface area contributed by atoms with E-state index in [1.807, 2.05) is 5.32 Å². The van der Waals surface area contributed by atoms with Gasteiger partial charge in [-0.1, -0.05) is 43.3 Å². The van der Waals surface area contributed by atoms with Crippen LogP contribution in [0, 0.1) is 0 Å². The van der Waals surface area contributed by atoms with Crippen LogP contribution in [0.5, 0.6) is 0 Å². The molecule has 1 aromatic rings. The van der Waals surface area contributed by atoms with E-state index in [-0.39, 0.29) is 10.7 Å². The van der Waals surface area contributed by atoms with E-state index in [2.05, 4.69) is 11.7 Å². The van der Waals surface area contributed by atoms with Gasteiger partial charge in [0.1, 0.15) is 6.04 Å². The fourth-order valence-corrected chi connectivity index (χ4v) is 3.70. The van der Waals surface area contributed by atoms with Crippen molar-refractivity contribution in [3.63, 3.8) is 0 Å². The second-order valence-corrected chi connectivity index (χ2v) is 8.37. The Morgan fingerprint density at radius 2 is 1.91 bits per heavy atom. The lowest BCUT2D eigenvalue weighted by Crippen LogP contribution is -2.42. The molecule has 1 amide bonds. The zero-order valence-corrected chi connectivity index (χ0v) is 19.0. The van der Waals surface area contributed by atoms with Crippen molar-refractivity contribution in [2.24, 2.45) is 5.10 Å². The number of thioether (sulfide) groups is 1. The van der Waals surface area contributed by atoms with Crippen molar-refractivity contribution in [1.82, 2.24) is 10.3 Å². The second-order valence-electron chi connectivity index (χ2n) is 6.90. The first-order valence-electron chi connectivity index (χ1n) is 9.42. The van der Waals surface area contributed by atoms with Crippen LogP contribution in [-0.4, -0.2) is 34.1 Å². The molecule has 2 rings (SSSR count). The van der Waals surface area contributed by atoms with Crippen LogP contribution < -0.4 is 5.32 Å². The zero-order chi connectivity index (χ0) is 24.3. The number of carbonyl (C=O) groups excluding carboxylic acids is 1. The van der Waals surface area contributed by atoms with Gasteiger partial charge >= 0.3 is 6.18 Å². The summed E-state index contributed by atoms with van der Waals surface area (Å²) in [6.07, 6.45) is -2.15. The van der Waals surface area contributed by atoms with Crippen molar-refractivity contribution >= 4 is 39.9 Å². The number of allylic oxidation sites excluding steroid dienone is 2. The van der Waals surface area contributed by atoms with Crippen molar-refractivity contribution < 1.29 is 26.7 Å². The molecule has 1 aromatic carbocycles. The molecule has 4 nitrogen and oxygen atoms in total. The van der Waals surface area contributed by atoms with Crippen LogP contribution in [0.4, 0.5) is 22.0 Å². The highest BCUT2D eigenvalue weighted by Crippen LogP contribution is 2.41. The van der Waals surface area contributed by atoms with Gasteiger partial charge in [-0.05, 0) is 48.4 Å². The van der Waals surface area contributed by atoms with Gasteiger partial charge in [-0.15, -0.1) is 0 Å². The van der Waals surface area contributed by atoms with Gasteiger partial charge in [0.15, 0.2) is 5.04 Å². The molecule has 0 fully saturated rings. The molecule has 174 valence electrons. The molecule has 0 saturated heterocycles. The highest BCUT2D eigenvalue weighted by atomic mass is 35.5. The van der Waals surface area contributed by atoms with Crippen LogP contribution in [0.1, 0.15) is 32.8 Å². The molecule has 11 heteroatoms. The Morgan fingerprint density at radius 3 is 2.41 bits per heavy atom. The van der Waals surface area contributed by atoms with E-state index in [0.717, 1.165) is 18.0 Å². The summed E-state index contributed by atoms with van der Waals surface area (Å²) in [5.74, 6) is -4.24. The Hall–Kier alpha value is -2.33. The molecule has 1 atom stereocenters. The van der Waals surface area contributed by atoms with Crippen LogP contribution in [-0.2, 0) is 4.79 Å². The molecular weight excluding hydrogens is 473 g/mol. The Labute approximate surface area is 191 Å². The number of alkyl halides is 5. The van der Waals surface area contributed by atoms with Crippen molar-refractivity contribution in [3.05, 3.63) is 64.3 Å². The molecule has 1 aliphatic heterocycles. The first kappa shape index (κ1) is 25.9. The Balaban J connectivity index is 2.56. The Bertz CT molecular complexity index is 982. The van der Waals surface area contributed by atoms with Gasteiger partial charge in [-0.2, -0.15) is 27.1 Å². The van der Waals surface area contributed by atoms with Crippen molar-refractivity contribution in [2.75, 3.05) is 0 Å². The molecule has 1 aliphatic rings. The average molecular weight is 494 g/mol. The fourth-order valence-electron chi connectivity index (χ4n) is 2.70. The summed E-state index contributed by atoms with van der Waals surface area (Å²) in [5.41, 5.74) is 1.28. The predicted molar refractivity (Wildman–Crippen MR) is 118 cm³/mol. The number of hydrazone groups is 1. The van der Waals surface area contributed by atoms with Crippen molar-refractivity contribution in [1.29, 1.82) is 0 Å². The van der Waals surface area contributed by atoms with Crippen LogP contribution in [0.3, 0.4) is 0 Å². The molecule has 1 N–H and O–H groups in total. The van der Waals surface area contributed by atoms with Gasteiger partial charge in [0.25, 0.3) is 5.92 Å². The minimum Gasteiger partial charge on any atom is -0.341 e. The molecule has 0 saturated carbocycles. The van der Waals surface area contributed by atoms with Crippen LogP contribution in [0.25, 0.3) is 5.57 Å². The minimum absolute atomic E-state index is 0.142. The van der Waals surface area contributed by atoms with E-state index in [4.69, 9.17) is 11.6 Å². The highest BCUT2D eigenvalue weighted by molar-refractivity contribution is 8.17. The lowest BCUT2D eigenvalue weighted by Gasteiger charge is -2.21. The number of nitrogens with one attached hydrogen (secondary N) is 1. The topological polar surface area (TPSA) is 44.7 Å². The first-order chi connectivity index (χ1) is 14.8. The lowest BCUT2D eigenvalue weighted by atomic mass is 10.0. The Morgan fingerprint density at radius 1 is 1.28 bits per heavy atom. The summed E-state index contributed by atoms with van der Waals surface area (Å²) in [4.78, 5) is 12.1. The third kappa shape index (κ3) is 6.35. The van der Waals surface area contributed by atoms with Crippen LogP contribution in [0.15, 0.2) is 58.8 Å². The molecular formula is C21H21ClF5N3OS. The predicted octanol–water partition coefficient (Wildman–Crippen LogP) is 6.57. The summed E-state index contributed by atoms with van der Waals surface area (Å²) in [7, 11) is 0. The third-order valence-corrected chi connectivity index (χ3v) is 5.72. The normalized spacial score (nSPS) is 16.8. The standard InChI is InChI=1S/C21H21ClF5N3OS/c1-5-14(15-8-6-7-9-16(15)22)17(10-11-18(31)28-12(2)21(25,26)27)30-13(3)32-19(29-30)20(4,23)24/h6-12H,3,5H2,1-2,4H3,(H,28,31)/b11-10+,17-14+. The van der Waals surface area contributed by atoms with E-state index < -0.39 is 29.1 Å². The minimum atomic E-state index is -4.61. The van der Waals surface area contributed by atoms with Gasteiger partial charge < -0.3 is 5.32 Å². The second kappa shape index (κ2) is 10.1. The summed E-state index contributed by atoms with van der Waals surface area (Å²) >= 11 is 6.97. The molecule has 32 heavy (non-hydrogen) atoms. The molecule has 0 radical (unpaired) electrons. The van der Waals surface area contributed by atoms with Crippen molar-refractivity contribution in [3.8, 4) is 0 Å². The maximum Gasteiger partial charge on any atom is 0.408 e. The lowest BCUT2D eigenvalue weighted by molar-refractivity contribution is -0.156. The molecule has 1 heterocycles. The SMILES string of the molecule is C=C1SC(C(C)(F)F)=NN1C(/C=C/C(=O)NC(C)C(F)(F)F)=C(\CC)c1ccccc1Cl. The quantitative estimate of drug-likeness (QED) is 0.265. The summed E-state index contributed by atoms with van der Waals surface area (Å²) in [6, 6.07) is 4.69. The zero-order valence-electron chi connectivity index (χ0n) is 17.4. The number of amides is 1. The van der Waals surface area contributed by atoms with E-state index in [1.54, 1.807) is 31.2 Å². The van der Waals surface area contributed by atoms with Crippen LogP contribution in [0.2, 0.25) is 5.02 Å². The summed E-state index contributed by atoms with van der Waals surface area (Å²) in [6.45, 7) is 7.03. The van der Waals surface area contributed by atoms with E-state index in [1.165, 1.54) is 6.08 Å². The average Bonchev–Trinajstić information content (AvgIpc) is 3.07. The van der Waals surface area contributed by atoms with E-state index in [0.29, 0.717) is 41.3 Å². The monoisotopic (exact) mass is 493 g/mol. The maximum atomic E-state index is 13.8. The van der Waals surface area contributed by atoms with Gasteiger partial charge in [0, 0.05) is 18.0 Å². The number of halogens is 6. The number of hydrogen-bond donors (Lipinski definition) is 1. The largest absolute Gasteiger partial charge is 0.408 e. The van der Waals surface area contributed by atoms with Gasteiger partial charge in [-0.25, -0.2) is 5.01 Å². The smallest absolute Gasteiger partial charge is 0.341 e. The molecule has 1 unspecified atom stereocenters. The van der Waals surface area contributed by atoms with Gasteiger partial charge in [0.05, 0.1) is 10.7 Å². The van der Waals surface area contributed by atoms with Gasteiger partial charge in [0.2, 0.25) is 5.91 Å².